The number of ether oxygens (including phenoxy) is 1. The van der Waals surface area contributed by atoms with Crippen LogP contribution in [-0.4, -0.2) is 17.3 Å². The summed E-state index contributed by atoms with van der Waals surface area (Å²) in [6.45, 7) is 1.95. The first-order valence-electron chi connectivity index (χ1n) is 7.62. The van der Waals surface area contributed by atoms with Gasteiger partial charge in [-0.05, 0) is 61.0 Å². The molecule has 1 aromatic heterocycles. The predicted molar refractivity (Wildman–Crippen MR) is 100 cm³/mol. The number of fused-ring (bicyclic) bond motifs is 1. The second-order valence-corrected chi connectivity index (χ2v) is 5.74. The number of benzene rings is 2. The van der Waals surface area contributed by atoms with Crippen molar-refractivity contribution in [3.05, 3.63) is 65.3 Å². The Hall–Kier alpha value is -3.10. The highest BCUT2D eigenvalue weighted by molar-refractivity contribution is 6.31. The zero-order chi connectivity index (χ0) is 17.6. The Balaban J connectivity index is 1.79. The molecule has 0 saturated heterocycles. The van der Waals surface area contributed by atoms with E-state index in [-0.39, 0.29) is 6.61 Å². The molecule has 0 unspecified atom stereocenters. The Labute approximate surface area is 150 Å². The monoisotopic (exact) mass is 350 g/mol. The van der Waals surface area contributed by atoms with Gasteiger partial charge in [0.15, 0.2) is 6.61 Å². The Bertz CT molecular complexity index is 961. The van der Waals surface area contributed by atoms with Gasteiger partial charge in [0.1, 0.15) is 11.8 Å². The minimum Gasteiger partial charge on any atom is -0.479 e. The van der Waals surface area contributed by atoms with Crippen LogP contribution in [0.4, 0.5) is 5.69 Å². The van der Waals surface area contributed by atoms with Gasteiger partial charge in [-0.25, -0.2) is 0 Å². The van der Waals surface area contributed by atoms with Gasteiger partial charge in [-0.3, -0.25) is 10.4 Å². The van der Waals surface area contributed by atoms with Crippen LogP contribution in [0.15, 0.2) is 59.8 Å². The molecule has 0 amide bonds. The first-order chi connectivity index (χ1) is 12.2. The molecular formula is C19H15ClN4O. The average Bonchev–Trinajstić information content (AvgIpc) is 2.64. The Morgan fingerprint density at radius 3 is 2.80 bits per heavy atom. The summed E-state index contributed by atoms with van der Waals surface area (Å²) in [6, 6.07) is 16.8. The molecule has 2 aromatic carbocycles. The Morgan fingerprint density at radius 1 is 1.24 bits per heavy atom. The minimum atomic E-state index is 0.0348. The number of halogens is 1. The summed E-state index contributed by atoms with van der Waals surface area (Å²) >= 11 is 6.01. The van der Waals surface area contributed by atoms with E-state index in [2.05, 4.69) is 15.5 Å². The van der Waals surface area contributed by atoms with E-state index in [0.29, 0.717) is 10.8 Å². The van der Waals surface area contributed by atoms with E-state index in [0.717, 1.165) is 27.9 Å². The van der Waals surface area contributed by atoms with Gasteiger partial charge < -0.3 is 4.74 Å². The van der Waals surface area contributed by atoms with Crippen LogP contribution in [0.1, 0.15) is 12.5 Å². The number of hydrogen-bond acceptors (Lipinski definition) is 5. The molecule has 25 heavy (non-hydrogen) atoms. The number of nitriles is 1. The molecule has 0 atom stereocenters. The topological polar surface area (TPSA) is 70.3 Å². The number of nitrogens with zero attached hydrogens (tertiary/aromatic N) is 3. The van der Waals surface area contributed by atoms with Crippen LogP contribution in [-0.2, 0) is 0 Å². The lowest BCUT2D eigenvalue weighted by atomic mass is 10.1. The number of aromatic nitrogens is 1. The molecule has 1 N–H and O–H groups in total. The van der Waals surface area contributed by atoms with Gasteiger partial charge in [-0.1, -0.05) is 11.6 Å². The highest BCUT2D eigenvalue weighted by Gasteiger charge is 2.03. The number of hydrazone groups is 1. The van der Waals surface area contributed by atoms with E-state index in [1.165, 1.54) is 0 Å². The van der Waals surface area contributed by atoms with Crippen LogP contribution >= 0.6 is 11.6 Å². The first kappa shape index (κ1) is 16.7. The van der Waals surface area contributed by atoms with Gasteiger partial charge in [-0.15, -0.1) is 0 Å². The van der Waals surface area contributed by atoms with Crippen molar-refractivity contribution >= 4 is 33.9 Å². The predicted octanol–water partition coefficient (Wildman–Crippen LogP) is 4.63. The quantitative estimate of drug-likeness (QED) is 0.538. The molecule has 0 radical (unpaired) electrons. The molecule has 0 saturated carbocycles. The summed E-state index contributed by atoms with van der Waals surface area (Å²) in [5.74, 6) is 0.656. The van der Waals surface area contributed by atoms with Crippen LogP contribution < -0.4 is 10.2 Å². The van der Waals surface area contributed by atoms with Crippen molar-refractivity contribution in [1.29, 1.82) is 5.26 Å². The van der Waals surface area contributed by atoms with Gasteiger partial charge >= 0.3 is 0 Å². The molecule has 3 aromatic rings. The lowest BCUT2D eigenvalue weighted by Crippen LogP contribution is -2.01. The van der Waals surface area contributed by atoms with E-state index in [4.69, 9.17) is 21.6 Å². The largest absolute Gasteiger partial charge is 0.479 e. The maximum absolute atomic E-state index is 8.52. The summed E-state index contributed by atoms with van der Waals surface area (Å²) in [5, 5.41) is 14.6. The van der Waals surface area contributed by atoms with Crippen molar-refractivity contribution in [3.8, 4) is 11.8 Å². The molecule has 124 valence electrons. The molecule has 6 heteroatoms. The fourth-order valence-electron chi connectivity index (χ4n) is 2.34. The maximum atomic E-state index is 8.52. The van der Waals surface area contributed by atoms with Crippen molar-refractivity contribution in [2.45, 2.75) is 6.92 Å². The molecule has 0 aliphatic heterocycles. The average molecular weight is 351 g/mol. The third kappa shape index (κ3) is 4.06. The highest BCUT2D eigenvalue weighted by atomic mass is 35.5. The molecule has 1 heterocycles. The van der Waals surface area contributed by atoms with Crippen LogP contribution in [0.5, 0.6) is 5.75 Å². The van der Waals surface area contributed by atoms with Gasteiger partial charge in [0.25, 0.3) is 0 Å². The normalized spacial score (nSPS) is 11.2. The zero-order valence-corrected chi connectivity index (χ0v) is 14.3. The third-order valence-corrected chi connectivity index (χ3v) is 3.86. The lowest BCUT2D eigenvalue weighted by Gasteiger charge is -2.08. The van der Waals surface area contributed by atoms with Crippen molar-refractivity contribution in [2.75, 3.05) is 12.0 Å². The second-order valence-electron chi connectivity index (χ2n) is 5.30. The van der Waals surface area contributed by atoms with Gasteiger partial charge in [-0.2, -0.15) is 10.4 Å². The molecule has 0 bridgehead atoms. The molecule has 3 rings (SSSR count). The molecule has 0 fully saturated rings. The standard InChI is InChI=1S/C19H15ClN4O/c1-13(14-2-5-16(6-3-14)25-11-9-21)23-24-18-8-10-22-19-12-15(20)4-7-17(18)19/h2-8,10,12H,11H2,1H3,(H,22,24)/b23-13-. The molecule has 0 aliphatic carbocycles. The van der Waals surface area contributed by atoms with E-state index in [1.807, 2.05) is 61.5 Å². The fraction of sp³-hybridized carbons (Fsp3) is 0.105. The van der Waals surface area contributed by atoms with E-state index in [9.17, 15) is 0 Å². The number of hydrogen-bond donors (Lipinski definition) is 1. The molecular weight excluding hydrogens is 336 g/mol. The minimum absolute atomic E-state index is 0.0348. The summed E-state index contributed by atoms with van der Waals surface area (Å²) in [7, 11) is 0. The van der Waals surface area contributed by atoms with E-state index in [1.54, 1.807) is 6.20 Å². The summed E-state index contributed by atoms with van der Waals surface area (Å²) in [5.41, 5.74) is 6.53. The van der Waals surface area contributed by atoms with Crippen molar-refractivity contribution in [2.24, 2.45) is 5.10 Å². The smallest absolute Gasteiger partial charge is 0.174 e. The van der Waals surface area contributed by atoms with Crippen LogP contribution in [0.2, 0.25) is 5.02 Å². The van der Waals surface area contributed by atoms with Gasteiger partial charge in [0, 0.05) is 16.6 Å². The SMILES string of the molecule is C/C(=N/Nc1ccnc2cc(Cl)ccc12)c1ccc(OCC#N)cc1. The fourth-order valence-corrected chi connectivity index (χ4v) is 2.50. The van der Waals surface area contributed by atoms with E-state index >= 15 is 0 Å². The van der Waals surface area contributed by atoms with E-state index < -0.39 is 0 Å². The first-order valence-corrected chi connectivity index (χ1v) is 8.00. The number of rotatable bonds is 5. The zero-order valence-electron chi connectivity index (χ0n) is 13.5. The Morgan fingerprint density at radius 2 is 2.04 bits per heavy atom. The van der Waals surface area contributed by atoms with Crippen LogP contribution in [0, 0.1) is 11.3 Å². The van der Waals surface area contributed by atoms with Crippen LogP contribution in [0.25, 0.3) is 10.9 Å². The second kappa shape index (κ2) is 7.65. The van der Waals surface area contributed by atoms with Crippen molar-refractivity contribution in [3.63, 3.8) is 0 Å². The van der Waals surface area contributed by atoms with Crippen molar-refractivity contribution in [1.82, 2.24) is 4.98 Å². The van der Waals surface area contributed by atoms with Gasteiger partial charge in [0.05, 0.1) is 16.9 Å². The molecule has 0 spiro atoms. The Kier molecular flexibility index (Phi) is 5.12. The highest BCUT2D eigenvalue weighted by Crippen LogP contribution is 2.24. The molecule has 0 aliphatic rings. The lowest BCUT2D eigenvalue weighted by molar-refractivity contribution is 0.368. The summed E-state index contributed by atoms with van der Waals surface area (Å²) in [4.78, 5) is 4.31. The van der Waals surface area contributed by atoms with Crippen LogP contribution in [0.3, 0.4) is 0 Å². The summed E-state index contributed by atoms with van der Waals surface area (Å²) in [6.07, 6.45) is 1.72. The number of nitrogens with one attached hydrogen (secondary N) is 1. The number of pyridine rings is 1. The van der Waals surface area contributed by atoms with Gasteiger partial charge in [0.2, 0.25) is 0 Å². The molecule has 5 nitrogen and oxygen atoms in total. The third-order valence-electron chi connectivity index (χ3n) is 3.62. The number of anilines is 1. The van der Waals surface area contributed by atoms with Crippen molar-refractivity contribution < 1.29 is 4.74 Å². The summed E-state index contributed by atoms with van der Waals surface area (Å²) < 4.78 is 5.24. The maximum Gasteiger partial charge on any atom is 0.174 e.